The Hall–Kier alpha value is -2.66. The summed E-state index contributed by atoms with van der Waals surface area (Å²) in [6.45, 7) is 3.78. The van der Waals surface area contributed by atoms with Gasteiger partial charge in [0.2, 0.25) is 5.91 Å². The van der Waals surface area contributed by atoms with Crippen molar-refractivity contribution in [3.05, 3.63) is 71.8 Å². The lowest BCUT2D eigenvalue weighted by molar-refractivity contribution is -0.141. The van der Waals surface area contributed by atoms with Gasteiger partial charge in [0.05, 0.1) is 12.6 Å². The molecule has 0 saturated heterocycles. The number of amides is 1. The molecule has 3 atom stereocenters. The Morgan fingerprint density at radius 1 is 1.00 bits per heavy atom. The van der Waals surface area contributed by atoms with Crippen molar-refractivity contribution in [3.63, 3.8) is 0 Å². The number of carboxylic acids is 1. The highest BCUT2D eigenvalue weighted by molar-refractivity contribution is 5.80. The van der Waals surface area contributed by atoms with Crippen LogP contribution < -0.4 is 10.6 Å². The minimum absolute atomic E-state index is 0.0283. The van der Waals surface area contributed by atoms with E-state index >= 15 is 0 Å². The van der Waals surface area contributed by atoms with Gasteiger partial charge in [-0.25, -0.2) is 0 Å². The van der Waals surface area contributed by atoms with Gasteiger partial charge in [-0.3, -0.25) is 14.9 Å². The highest BCUT2D eigenvalue weighted by atomic mass is 16.4. The van der Waals surface area contributed by atoms with E-state index < -0.39 is 12.0 Å². The molecular formula is C22H28N2O3. The molecule has 2 rings (SSSR count). The van der Waals surface area contributed by atoms with E-state index in [2.05, 4.69) is 10.6 Å². The summed E-state index contributed by atoms with van der Waals surface area (Å²) < 4.78 is 0. The molecule has 0 saturated carbocycles. The van der Waals surface area contributed by atoms with Crippen molar-refractivity contribution < 1.29 is 14.7 Å². The third-order valence-corrected chi connectivity index (χ3v) is 4.78. The molecule has 3 N–H and O–H groups in total. The largest absolute Gasteiger partial charge is 0.480 e. The van der Waals surface area contributed by atoms with Gasteiger partial charge >= 0.3 is 5.97 Å². The summed E-state index contributed by atoms with van der Waals surface area (Å²) in [4.78, 5) is 23.9. The molecule has 0 aromatic heterocycles. The molecule has 5 nitrogen and oxygen atoms in total. The molecule has 0 fully saturated rings. The third-order valence-electron chi connectivity index (χ3n) is 4.78. The molecule has 1 unspecified atom stereocenters. The number of aliphatic carboxylic acids is 1. The number of benzene rings is 2. The van der Waals surface area contributed by atoms with E-state index in [1.807, 2.05) is 74.5 Å². The third kappa shape index (κ3) is 6.53. The van der Waals surface area contributed by atoms with Gasteiger partial charge in [0.25, 0.3) is 0 Å². The monoisotopic (exact) mass is 368 g/mol. The number of hydrogen-bond acceptors (Lipinski definition) is 3. The Labute approximate surface area is 160 Å². The molecule has 1 amide bonds. The van der Waals surface area contributed by atoms with Gasteiger partial charge in [0.1, 0.15) is 6.04 Å². The predicted molar refractivity (Wildman–Crippen MR) is 106 cm³/mol. The van der Waals surface area contributed by atoms with Crippen LogP contribution in [0.5, 0.6) is 0 Å². The molecule has 0 aliphatic carbocycles. The smallest absolute Gasteiger partial charge is 0.320 e. The lowest BCUT2D eigenvalue weighted by atomic mass is 9.98. The predicted octanol–water partition coefficient (Wildman–Crippen LogP) is 3.18. The second-order valence-corrected chi connectivity index (χ2v) is 6.80. The molecule has 0 heterocycles. The lowest BCUT2D eigenvalue weighted by Crippen LogP contribution is -2.47. The zero-order valence-electron chi connectivity index (χ0n) is 15.9. The maximum absolute atomic E-state index is 12.5. The van der Waals surface area contributed by atoms with Crippen LogP contribution in [0.25, 0.3) is 0 Å². The SMILES string of the molecule is CC[C@H](C)[C@H](NCC(=O)NC(Cc1ccccc1)c1ccccc1)C(=O)O. The quantitative estimate of drug-likeness (QED) is 0.602. The van der Waals surface area contributed by atoms with E-state index in [9.17, 15) is 14.7 Å². The minimum atomic E-state index is -0.930. The van der Waals surface area contributed by atoms with Gasteiger partial charge in [-0.05, 0) is 23.5 Å². The number of nitrogens with one attached hydrogen (secondary N) is 2. The summed E-state index contributed by atoms with van der Waals surface area (Å²) in [6, 6.07) is 18.9. The fourth-order valence-corrected chi connectivity index (χ4v) is 3.00. The zero-order valence-corrected chi connectivity index (χ0v) is 15.9. The highest BCUT2D eigenvalue weighted by Crippen LogP contribution is 2.18. The lowest BCUT2D eigenvalue weighted by Gasteiger charge is -2.22. The number of rotatable bonds is 10. The average molecular weight is 368 g/mol. The van der Waals surface area contributed by atoms with Gasteiger partial charge in [0, 0.05) is 0 Å². The maximum atomic E-state index is 12.5. The van der Waals surface area contributed by atoms with Crippen LogP contribution in [0.1, 0.15) is 37.4 Å². The first kappa shape index (κ1) is 20.6. The van der Waals surface area contributed by atoms with Crippen molar-refractivity contribution in [1.82, 2.24) is 10.6 Å². The Kier molecular flexibility index (Phi) is 8.01. The maximum Gasteiger partial charge on any atom is 0.320 e. The Balaban J connectivity index is 2.04. The topological polar surface area (TPSA) is 78.4 Å². The summed E-state index contributed by atoms with van der Waals surface area (Å²) in [5.41, 5.74) is 2.15. The zero-order chi connectivity index (χ0) is 19.6. The van der Waals surface area contributed by atoms with Crippen molar-refractivity contribution in [1.29, 1.82) is 0 Å². The molecule has 2 aromatic carbocycles. The molecular weight excluding hydrogens is 340 g/mol. The van der Waals surface area contributed by atoms with E-state index in [0.29, 0.717) is 6.42 Å². The van der Waals surface area contributed by atoms with Crippen molar-refractivity contribution in [2.75, 3.05) is 6.54 Å². The molecule has 0 aliphatic rings. The van der Waals surface area contributed by atoms with Crippen molar-refractivity contribution in [2.45, 2.75) is 38.8 Å². The van der Waals surface area contributed by atoms with E-state index in [1.54, 1.807) is 0 Å². The summed E-state index contributed by atoms with van der Waals surface area (Å²) in [5.74, 6) is -1.19. The molecule has 0 spiro atoms. The van der Waals surface area contributed by atoms with Gasteiger partial charge < -0.3 is 10.4 Å². The van der Waals surface area contributed by atoms with Crippen LogP contribution in [-0.4, -0.2) is 29.6 Å². The van der Waals surface area contributed by atoms with Crippen LogP contribution in [0.2, 0.25) is 0 Å². The molecule has 144 valence electrons. The van der Waals surface area contributed by atoms with Gasteiger partial charge in [-0.2, -0.15) is 0 Å². The van der Waals surface area contributed by atoms with E-state index in [4.69, 9.17) is 0 Å². The fraction of sp³-hybridized carbons (Fsp3) is 0.364. The normalized spacial score (nSPS) is 14.1. The average Bonchev–Trinajstić information content (AvgIpc) is 2.68. The number of carboxylic acid groups (broad SMARTS) is 1. The first-order valence-electron chi connectivity index (χ1n) is 9.35. The first-order valence-corrected chi connectivity index (χ1v) is 9.35. The van der Waals surface area contributed by atoms with E-state index in [0.717, 1.165) is 17.5 Å². The summed E-state index contributed by atoms with van der Waals surface area (Å²) in [6.07, 6.45) is 1.40. The summed E-state index contributed by atoms with van der Waals surface area (Å²) >= 11 is 0. The van der Waals surface area contributed by atoms with E-state index in [-0.39, 0.29) is 24.4 Å². The van der Waals surface area contributed by atoms with Crippen LogP contribution in [0.15, 0.2) is 60.7 Å². The van der Waals surface area contributed by atoms with Crippen LogP contribution in [-0.2, 0) is 16.0 Å². The number of carbonyl (C=O) groups is 2. The second-order valence-electron chi connectivity index (χ2n) is 6.80. The highest BCUT2D eigenvalue weighted by Gasteiger charge is 2.24. The van der Waals surface area contributed by atoms with Crippen LogP contribution in [0.4, 0.5) is 0 Å². The Bertz CT molecular complexity index is 719. The van der Waals surface area contributed by atoms with Gasteiger partial charge in [0.15, 0.2) is 0 Å². The molecule has 0 radical (unpaired) electrons. The van der Waals surface area contributed by atoms with E-state index in [1.165, 1.54) is 0 Å². The van der Waals surface area contributed by atoms with Crippen molar-refractivity contribution in [2.24, 2.45) is 5.92 Å². The van der Waals surface area contributed by atoms with Crippen molar-refractivity contribution in [3.8, 4) is 0 Å². The van der Waals surface area contributed by atoms with Crippen LogP contribution in [0.3, 0.4) is 0 Å². The van der Waals surface area contributed by atoms with Gasteiger partial charge in [-0.1, -0.05) is 80.9 Å². The molecule has 5 heteroatoms. The van der Waals surface area contributed by atoms with Crippen LogP contribution in [0, 0.1) is 5.92 Å². The standard InChI is InChI=1S/C22H28N2O3/c1-3-16(2)21(22(26)27)23-15-20(25)24-19(18-12-8-5-9-13-18)14-17-10-6-4-7-11-17/h4-13,16,19,21,23H,3,14-15H2,1-2H3,(H,24,25)(H,26,27)/t16-,19?,21-/m0/s1. The molecule has 0 bridgehead atoms. The molecule has 0 aliphatic heterocycles. The summed E-state index contributed by atoms with van der Waals surface area (Å²) in [7, 11) is 0. The number of carbonyl (C=O) groups excluding carboxylic acids is 1. The first-order chi connectivity index (χ1) is 13.0. The second kappa shape index (κ2) is 10.5. The number of hydrogen-bond donors (Lipinski definition) is 3. The Morgan fingerprint density at radius 3 is 2.15 bits per heavy atom. The van der Waals surface area contributed by atoms with Gasteiger partial charge in [-0.15, -0.1) is 0 Å². The fourth-order valence-electron chi connectivity index (χ4n) is 3.00. The molecule has 2 aromatic rings. The Morgan fingerprint density at radius 2 is 1.59 bits per heavy atom. The van der Waals surface area contributed by atoms with Crippen molar-refractivity contribution >= 4 is 11.9 Å². The summed E-state index contributed by atoms with van der Waals surface area (Å²) in [5, 5.41) is 15.3. The van der Waals surface area contributed by atoms with Crippen LogP contribution >= 0.6 is 0 Å². The minimum Gasteiger partial charge on any atom is -0.480 e. The molecule has 27 heavy (non-hydrogen) atoms.